The first kappa shape index (κ1) is 21.5. The molecule has 2 aromatic heterocycles. The fraction of sp³-hybridized carbons (Fsp3) is 0.174. The van der Waals surface area contributed by atoms with Gasteiger partial charge in [0.05, 0.1) is 18.1 Å². The van der Waals surface area contributed by atoms with Gasteiger partial charge in [-0.25, -0.2) is 4.98 Å². The summed E-state index contributed by atoms with van der Waals surface area (Å²) in [4.78, 5) is 20.6. The standard InChI is InChI=1S/C23H22ClN5O3/c1-13-15(24)6-5-7-16(13)27-23-28-17-11-21(20(31-4)12-19(17)29(23)3)32-14-8-9-26-18(10-14)22(30)25-2/h5-12H,1-4H3,(H,25,30)(H,27,28). The number of nitrogens with one attached hydrogen (secondary N) is 2. The highest BCUT2D eigenvalue weighted by Gasteiger charge is 2.16. The molecule has 1 amide bonds. The number of carbonyl (C=O) groups is 1. The number of hydrogen-bond donors (Lipinski definition) is 2. The molecular formula is C23H22ClN5O3. The number of rotatable bonds is 6. The van der Waals surface area contributed by atoms with Crippen molar-refractivity contribution >= 4 is 40.2 Å². The summed E-state index contributed by atoms with van der Waals surface area (Å²) in [5.41, 5.74) is 3.64. The van der Waals surface area contributed by atoms with Crippen LogP contribution in [0.1, 0.15) is 16.1 Å². The van der Waals surface area contributed by atoms with Crippen LogP contribution in [0.5, 0.6) is 17.2 Å². The fourth-order valence-electron chi connectivity index (χ4n) is 3.27. The van der Waals surface area contributed by atoms with Crippen molar-refractivity contribution in [1.82, 2.24) is 19.9 Å². The van der Waals surface area contributed by atoms with Crippen molar-refractivity contribution in [2.45, 2.75) is 6.92 Å². The minimum Gasteiger partial charge on any atom is -0.493 e. The highest BCUT2D eigenvalue weighted by molar-refractivity contribution is 6.31. The van der Waals surface area contributed by atoms with Crippen LogP contribution in [0, 0.1) is 6.92 Å². The molecule has 2 N–H and O–H groups in total. The van der Waals surface area contributed by atoms with Crippen LogP contribution in [0.4, 0.5) is 11.6 Å². The Labute approximate surface area is 190 Å². The normalized spacial score (nSPS) is 10.8. The van der Waals surface area contributed by atoms with Gasteiger partial charge in [0, 0.05) is 49.2 Å². The van der Waals surface area contributed by atoms with Gasteiger partial charge in [0.15, 0.2) is 11.5 Å². The number of halogens is 1. The summed E-state index contributed by atoms with van der Waals surface area (Å²) in [7, 11) is 5.03. The summed E-state index contributed by atoms with van der Waals surface area (Å²) in [6.45, 7) is 1.95. The molecule has 0 fully saturated rings. The molecule has 0 spiro atoms. The lowest BCUT2D eigenvalue weighted by molar-refractivity contribution is 0.0958. The monoisotopic (exact) mass is 451 g/mol. The van der Waals surface area contributed by atoms with E-state index in [1.165, 1.54) is 6.20 Å². The van der Waals surface area contributed by atoms with Crippen LogP contribution in [-0.2, 0) is 7.05 Å². The highest BCUT2D eigenvalue weighted by atomic mass is 35.5. The zero-order chi connectivity index (χ0) is 22.8. The van der Waals surface area contributed by atoms with Crippen molar-refractivity contribution in [2.24, 2.45) is 7.05 Å². The summed E-state index contributed by atoms with van der Waals surface area (Å²) in [6, 6.07) is 12.6. The molecule has 2 aromatic carbocycles. The number of imidazole rings is 1. The number of anilines is 2. The summed E-state index contributed by atoms with van der Waals surface area (Å²) in [6.07, 6.45) is 1.51. The van der Waals surface area contributed by atoms with Gasteiger partial charge in [0.25, 0.3) is 5.91 Å². The molecular weight excluding hydrogens is 430 g/mol. The lowest BCUT2D eigenvalue weighted by Gasteiger charge is -2.12. The zero-order valence-corrected chi connectivity index (χ0v) is 18.8. The number of ether oxygens (including phenoxy) is 2. The molecule has 164 valence electrons. The van der Waals surface area contributed by atoms with E-state index in [4.69, 9.17) is 26.1 Å². The lowest BCUT2D eigenvalue weighted by atomic mass is 10.2. The lowest BCUT2D eigenvalue weighted by Crippen LogP contribution is -2.18. The minimum absolute atomic E-state index is 0.256. The maximum absolute atomic E-state index is 11.9. The predicted octanol–water partition coefficient (Wildman–Crippen LogP) is 4.83. The Morgan fingerprint density at radius 3 is 2.72 bits per heavy atom. The summed E-state index contributed by atoms with van der Waals surface area (Å²) < 4.78 is 13.5. The molecule has 0 saturated carbocycles. The maximum atomic E-state index is 11.9. The molecule has 9 heteroatoms. The zero-order valence-electron chi connectivity index (χ0n) is 18.1. The van der Waals surface area contributed by atoms with E-state index in [2.05, 4.69) is 15.6 Å². The number of amides is 1. The van der Waals surface area contributed by atoms with Gasteiger partial charge >= 0.3 is 0 Å². The van der Waals surface area contributed by atoms with E-state index in [0.29, 0.717) is 33.7 Å². The number of carbonyl (C=O) groups excluding carboxylic acids is 1. The van der Waals surface area contributed by atoms with Crippen molar-refractivity contribution in [3.63, 3.8) is 0 Å². The van der Waals surface area contributed by atoms with Gasteiger partial charge in [-0.3, -0.25) is 9.78 Å². The Bertz CT molecular complexity index is 1320. The number of aromatic nitrogens is 3. The Morgan fingerprint density at radius 2 is 1.97 bits per heavy atom. The van der Waals surface area contributed by atoms with Crippen LogP contribution in [0.15, 0.2) is 48.7 Å². The van der Waals surface area contributed by atoms with Crippen molar-refractivity contribution in [3.05, 3.63) is 64.9 Å². The number of methoxy groups -OCH3 is 1. The average molecular weight is 452 g/mol. The van der Waals surface area contributed by atoms with Crippen LogP contribution < -0.4 is 20.1 Å². The van der Waals surface area contributed by atoms with Crippen LogP contribution in [0.25, 0.3) is 11.0 Å². The van der Waals surface area contributed by atoms with Gasteiger partial charge in [0.1, 0.15) is 11.4 Å². The molecule has 8 nitrogen and oxygen atoms in total. The first-order valence-corrected chi connectivity index (χ1v) is 10.2. The molecule has 0 atom stereocenters. The first-order chi connectivity index (χ1) is 15.4. The van der Waals surface area contributed by atoms with Crippen molar-refractivity contribution in [2.75, 3.05) is 19.5 Å². The van der Waals surface area contributed by atoms with E-state index >= 15 is 0 Å². The molecule has 0 aliphatic carbocycles. The van der Waals surface area contributed by atoms with Gasteiger partial charge in [-0.2, -0.15) is 0 Å². The predicted molar refractivity (Wildman–Crippen MR) is 124 cm³/mol. The van der Waals surface area contributed by atoms with Gasteiger partial charge in [-0.1, -0.05) is 17.7 Å². The van der Waals surface area contributed by atoms with E-state index in [0.717, 1.165) is 16.8 Å². The average Bonchev–Trinajstić information content (AvgIpc) is 3.10. The topological polar surface area (TPSA) is 90.3 Å². The van der Waals surface area contributed by atoms with E-state index in [-0.39, 0.29) is 11.6 Å². The third-order valence-electron chi connectivity index (χ3n) is 5.10. The molecule has 0 bridgehead atoms. The number of aryl methyl sites for hydroxylation is 1. The molecule has 2 heterocycles. The summed E-state index contributed by atoms with van der Waals surface area (Å²) in [5, 5.41) is 6.56. The summed E-state index contributed by atoms with van der Waals surface area (Å²) >= 11 is 6.25. The SMILES string of the molecule is CNC(=O)c1cc(Oc2cc3nc(Nc4cccc(Cl)c4C)n(C)c3cc2OC)ccn1. The molecule has 4 aromatic rings. The van der Waals surface area contributed by atoms with Crippen molar-refractivity contribution in [1.29, 1.82) is 0 Å². The smallest absolute Gasteiger partial charge is 0.269 e. The van der Waals surface area contributed by atoms with Crippen LogP contribution >= 0.6 is 11.6 Å². The van der Waals surface area contributed by atoms with Crippen LogP contribution in [-0.4, -0.2) is 34.6 Å². The van der Waals surface area contributed by atoms with Gasteiger partial charge < -0.3 is 24.7 Å². The molecule has 0 saturated heterocycles. The van der Waals surface area contributed by atoms with E-state index in [1.54, 1.807) is 32.4 Å². The van der Waals surface area contributed by atoms with E-state index in [9.17, 15) is 4.79 Å². The Hall–Kier alpha value is -3.78. The molecule has 0 unspecified atom stereocenters. The number of hydrogen-bond acceptors (Lipinski definition) is 6. The Balaban J connectivity index is 1.71. The third-order valence-corrected chi connectivity index (χ3v) is 5.51. The Morgan fingerprint density at radius 1 is 1.16 bits per heavy atom. The van der Waals surface area contributed by atoms with Crippen LogP contribution in [0.3, 0.4) is 0 Å². The van der Waals surface area contributed by atoms with E-state index in [1.807, 2.05) is 42.8 Å². The number of benzene rings is 2. The highest BCUT2D eigenvalue weighted by Crippen LogP contribution is 2.37. The van der Waals surface area contributed by atoms with Crippen molar-refractivity contribution < 1.29 is 14.3 Å². The molecule has 32 heavy (non-hydrogen) atoms. The van der Waals surface area contributed by atoms with Gasteiger partial charge in [-0.15, -0.1) is 0 Å². The summed E-state index contributed by atoms with van der Waals surface area (Å²) in [5.74, 6) is 1.81. The molecule has 0 radical (unpaired) electrons. The second kappa shape index (κ2) is 8.76. The Kier molecular flexibility index (Phi) is 5.87. The van der Waals surface area contributed by atoms with Gasteiger partial charge in [-0.05, 0) is 30.7 Å². The first-order valence-electron chi connectivity index (χ1n) is 9.84. The van der Waals surface area contributed by atoms with Crippen LogP contribution in [0.2, 0.25) is 5.02 Å². The maximum Gasteiger partial charge on any atom is 0.269 e. The number of pyridine rings is 1. The molecule has 0 aliphatic rings. The quantitative estimate of drug-likeness (QED) is 0.436. The fourth-order valence-corrected chi connectivity index (χ4v) is 3.44. The molecule has 4 rings (SSSR count). The van der Waals surface area contributed by atoms with E-state index < -0.39 is 0 Å². The molecule has 0 aliphatic heterocycles. The van der Waals surface area contributed by atoms with Gasteiger partial charge in [0.2, 0.25) is 5.95 Å². The largest absolute Gasteiger partial charge is 0.493 e. The third kappa shape index (κ3) is 4.04. The number of fused-ring (bicyclic) bond motifs is 1. The second-order valence-electron chi connectivity index (χ2n) is 7.08. The second-order valence-corrected chi connectivity index (χ2v) is 7.49. The minimum atomic E-state index is -0.297. The number of nitrogens with zero attached hydrogens (tertiary/aromatic N) is 3. The van der Waals surface area contributed by atoms with Crippen molar-refractivity contribution in [3.8, 4) is 17.2 Å².